The van der Waals surface area contributed by atoms with Crippen LogP contribution in [0.5, 0.6) is 0 Å². The van der Waals surface area contributed by atoms with Crippen molar-refractivity contribution in [3.05, 3.63) is 39.6 Å². The Morgan fingerprint density at radius 1 is 1.48 bits per heavy atom. The van der Waals surface area contributed by atoms with Gasteiger partial charge in [-0.3, -0.25) is 9.59 Å². The third-order valence-corrected chi connectivity index (χ3v) is 4.30. The number of carbonyl (C=O) groups excluding carboxylic acids is 1. The van der Waals surface area contributed by atoms with Crippen LogP contribution in [0.15, 0.2) is 18.3 Å². The highest BCUT2D eigenvalue weighted by Crippen LogP contribution is 2.24. The van der Waals surface area contributed by atoms with E-state index in [4.69, 9.17) is 5.11 Å². The van der Waals surface area contributed by atoms with Gasteiger partial charge in [-0.05, 0) is 32.9 Å². The number of carbonyl (C=O) groups is 2. The number of amides is 1. The molecular formula is C14H17N3O3S. The zero-order valence-electron chi connectivity index (χ0n) is 12.1. The maximum Gasteiger partial charge on any atom is 0.323 e. The molecule has 0 spiro atoms. The topological polar surface area (TPSA) is 84.2 Å². The molecule has 0 saturated carbocycles. The molecule has 1 amide bonds. The minimum atomic E-state index is -0.984. The van der Waals surface area contributed by atoms with Gasteiger partial charge in [-0.1, -0.05) is 0 Å². The average molecular weight is 307 g/mol. The van der Waals surface area contributed by atoms with Crippen molar-refractivity contribution in [1.82, 2.24) is 14.9 Å². The predicted octanol–water partition coefficient (Wildman–Crippen LogP) is 2.14. The average Bonchev–Trinajstić information content (AvgIpc) is 2.95. The van der Waals surface area contributed by atoms with Crippen molar-refractivity contribution in [2.24, 2.45) is 0 Å². The third-order valence-electron chi connectivity index (χ3n) is 3.05. The zero-order chi connectivity index (χ0) is 15.6. The number of carboxylic acids is 1. The molecule has 1 atom stereocenters. The fourth-order valence-electron chi connectivity index (χ4n) is 2.19. The van der Waals surface area contributed by atoms with Crippen molar-refractivity contribution in [3.63, 3.8) is 0 Å². The van der Waals surface area contributed by atoms with Crippen LogP contribution in [0.4, 0.5) is 0 Å². The first kappa shape index (κ1) is 15.2. The SMILES string of the molecule is Cc1nc(C)c(C(C)NC(=O)c2cccn2CC(=O)O)s1. The van der Waals surface area contributed by atoms with E-state index in [1.54, 1.807) is 29.7 Å². The Bertz CT molecular complexity index is 675. The quantitative estimate of drug-likeness (QED) is 0.886. The number of aromatic nitrogens is 2. The lowest BCUT2D eigenvalue weighted by atomic mass is 10.2. The minimum Gasteiger partial charge on any atom is -0.480 e. The number of hydrogen-bond donors (Lipinski definition) is 2. The molecular weight excluding hydrogens is 290 g/mol. The summed E-state index contributed by atoms with van der Waals surface area (Å²) in [7, 11) is 0. The van der Waals surface area contributed by atoms with Gasteiger partial charge in [0.2, 0.25) is 0 Å². The van der Waals surface area contributed by atoms with Crippen LogP contribution in [0.3, 0.4) is 0 Å². The Kier molecular flexibility index (Phi) is 4.42. The summed E-state index contributed by atoms with van der Waals surface area (Å²) in [5, 5.41) is 12.7. The lowest BCUT2D eigenvalue weighted by Gasteiger charge is -2.14. The van der Waals surface area contributed by atoms with Crippen LogP contribution in [-0.4, -0.2) is 26.5 Å². The molecule has 0 aromatic carbocycles. The zero-order valence-corrected chi connectivity index (χ0v) is 12.9. The van der Waals surface area contributed by atoms with Gasteiger partial charge in [-0.15, -0.1) is 11.3 Å². The van der Waals surface area contributed by atoms with E-state index < -0.39 is 5.97 Å². The Morgan fingerprint density at radius 2 is 2.19 bits per heavy atom. The van der Waals surface area contributed by atoms with Gasteiger partial charge in [0.1, 0.15) is 12.2 Å². The molecule has 2 aromatic heterocycles. The van der Waals surface area contributed by atoms with Crippen molar-refractivity contribution in [2.75, 3.05) is 0 Å². The molecule has 2 aromatic rings. The van der Waals surface area contributed by atoms with Crippen molar-refractivity contribution >= 4 is 23.2 Å². The summed E-state index contributed by atoms with van der Waals surface area (Å²) >= 11 is 1.55. The van der Waals surface area contributed by atoms with Gasteiger partial charge in [-0.25, -0.2) is 4.98 Å². The Hall–Kier alpha value is -2.15. The Balaban J connectivity index is 2.13. The molecule has 2 N–H and O–H groups in total. The van der Waals surface area contributed by atoms with Gasteiger partial charge >= 0.3 is 5.97 Å². The molecule has 0 bridgehead atoms. The van der Waals surface area contributed by atoms with Gasteiger partial charge in [-0.2, -0.15) is 0 Å². The van der Waals surface area contributed by atoms with Crippen molar-refractivity contribution in [1.29, 1.82) is 0 Å². The molecule has 6 nitrogen and oxygen atoms in total. The lowest BCUT2D eigenvalue weighted by molar-refractivity contribution is -0.137. The van der Waals surface area contributed by atoms with E-state index in [0.717, 1.165) is 15.6 Å². The van der Waals surface area contributed by atoms with Crippen LogP contribution in [0.2, 0.25) is 0 Å². The van der Waals surface area contributed by atoms with Crippen LogP contribution in [0.1, 0.15) is 39.0 Å². The fraction of sp³-hybridized carbons (Fsp3) is 0.357. The molecule has 112 valence electrons. The van der Waals surface area contributed by atoms with E-state index in [2.05, 4.69) is 10.3 Å². The second kappa shape index (κ2) is 6.09. The summed E-state index contributed by atoms with van der Waals surface area (Å²) < 4.78 is 1.41. The van der Waals surface area contributed by atoms with Crippen LogP contribution in [0, 0.1) is 13.8 Å². The van der Waals surface area contributed by atoms with E-state index in [1.165, 1.54) is 4.57 Å². The third kappa shape index (κ3) is 3.49. The van der Waals surface area contributed by atoms with Gasteiger partial charge in [0.05, 0.1) is 16.7 Å². The second-order valence-corrected chi connectivity index (χ2v) is 6.03. The minimum absolute atomic E-state index is 0.170. The largest absolute Gasteiger partial charge is 0.480 e. The highest BCUT2D eigenvalue weighted by Gasteiger charge is 2.18. The molecule has 2 rings (SSSR count). The Labute approximate surface area is 126 Å². The monoisotopic (exact) mass is 307 g/mol. The molecule has 0 fully saturated rings. The molecule has 7 heteroatoms. The van der Waals surface area contributed by atoms with E-state index in [-0.39, 0.29) is 18.5 Å². The lowest BCUT2D eigenvalue weighted by Crippen LogP contribution is -2.29. The van der Waals surface area contributed by atoms with Crippen molar-refractivity contribution in [2.45, 2.75) is 33.4 Å². The molecule has 21 heavy (non-hydrogen) atoms. The fourth-order valence-corrected chi connectivity index (χ4v) is 3.12. The molecule has 0 saturated heterocycles. The number of carboxylic acid groups (broad SMARTS) is 1. The highest BCUT2D eigenvalue weighted by molar-refractivity contribution is 7.11. The molecule has 0 radical (unpaired) electrons. The van der Waals surface area contributed by atoms with Crippen molar-refractivity contribution < 1.29 is 14.7 Å². The van der Waals surface area contributed by atoms with Gasteiger partial charge in [0.15, 0.2) is 0 Å². The van der Waals surface area contributed by atoms with E-state index in [9.17, 15) is 9.59 Å². The molecule has 1 unspecified atom stereocenters. The first-order valence-electron chi connectivity index (χ1n) is 6.50. The summed E-state index contributed by atoms with van der Waals surface area (Å²) in [6.45, 7) is 5.49. The van der Waals surface area contributed by atoms with Gasteiger partial charge < -0.3 is 15.0 Å². The van der Waals surface area contributed by atoms with E-state index >= 15 is 0 Å². The number of aliphatic carboxylic acids is 1. The van der Waals surface area contributed by atoms with E-state index in [1.807, 2.05) is 20.8 Å². The van der Waals surface area contributed by atoms with Crippen LogP contribution in [-0.2, 0) is 11.3 Å². The number of rotatable bonds is 5. The maximum absolute atomic E-state index is 12.3. The number of thiazole rings is 1. The molecule has 2 heterocycles. The Morgan fingerprint density at radius 3 is 2.76 bits per heavy atom. The van der Waals surface area contributed by atoms with Crippen LogP contribution >= 0.6 is 11.3 Å². The van der Waals surface area contributed by atoms with Gasteiger partial charge in [0, 0.05) is 11.1 Å². The first-order chi connectivity index (χ1) is 9.88. The summed E-state index contributed by atoms with van der Waals surface area (Å²) in [6, 6.07) is 3.09. The maximum atomic E-state index is 12.3. The number of nitrogens with zero attached hydrogens (tertiary/aromatic N) is 2. The number of aryl methyl sites for hydroxylation is 2. The standard InChI is InChI=1S/C14H17N3O3S/c1-8-13(21-10(3)15-8)9(2)16-14(20)11-5-4-6-17(11)7-12(18)19/h4-6,9H,7H2,1-3H3,(H,16,20)(H,18,19). The molecule has 0 aliphatic rings. The summed E-state index contributed by atoms with van der Waals surface area (Å²) in [5.41, 5.74) is 1.24. The highest BCUT2D eigenvalue weighted by atomic mass is 32.1. The van der Waals surface area contributed by atoms with E-state index in [0.29, 0.717) is 5.69 Å². The second-order valence-electron chi connectivity index (χ2n) is 4.79. The normalized spacial score (nSPS) is 12.1. The van der Waals surface area contributed by atoms with Crippen LogP contribution in [0.25, 0.3) is 0 Å². The smallest absolute Gasteiger partial charge is 0.323 e. The summed E-state index contributed by atoms with van der Waals surface area (Å²) in [5.74, 6) is -1.28. The number of hydrogen-bond acceptors (Lipinski definition) is 4. The van der Waals surface area contributed by atoms with Crippen LogP contribution < -0.4 is 5.32 Å². The number of nitrogens with one attached hydrogen (secondary N) is 1. The molecule has 0 aliphatic carbocycles. The van der Waals surface area contributed by atoms with Gasteiger partial charge in [0.25, 0.3) is 5.91 Å². The molecule has 0 aliphatic heterocycles. The summed E-state index contributed by atoms with van der Waals surface area (Å²) in [6.07, 6.45) is 1.58. The van der Waals surface area contributed by atoms with Crippen molar-refractivity contribution in [3.8, 4) is 0 Å². The first-order valence-corrected chi connectivity index (χ1v) is 7.32. The summed E-state index contributed by atoms with van der Waals surface area (Å²) in [4.78, 5) is 28.4. The predicted molar refractivity (Wildman–Crippen MR) is 79.5 cm³/mol.